The molecular weight excluding hydrogens is 272 g/mol. The molecule has 21 heavy (non-hydrogen) atoms. The van der Waals surface area contributed by atoms with E-state index in [-0.39, 0.29) is 19.0 Å². The molecule has 2 aromatic rings. The highest BCUT2D eigenvalue weighted by atomic mass is 16.5. The van der Waals surface area contributed by atoms with Gasteiger partial charge in [-0.1, -0.05) is 18.2 Å². The van der Waals surface area contributed by atoms with Crippen LogP contribution < -0.4 is 5.32 Å². The molecule has 1 aromatic carbocycles. The number of aliphatic carboxylic acids is 1. The number of nitrogens with zero attached hydrogens (tertiary/aromatic N) is 1. The summed E-state index contributed by atoms with van der Waals surface area (Å²) in [7, 11) is 1.30. The molecule has 0 radical (unpaired) electrons. The predicted molar refractivity (Wildman–Crippen MR) is 78.1 cm³/mol. The van der Waals surface area contributed by atoms with Crippen molar-refractivity contribution in [1.29, 1.82) is 0 Å². The van der Waals surface area contributed by atoms with E-state index in [2.05, 4.69) is 5.32 Å². The normalized spacial score (nSPS) is 12.3. The quantitative estimate of drug-likeness (QED) is 0.836. The second-order valence-corrected chi connectivity index (χ2v) is 4.80. The SMILES string of the molecule is COC(CNC(=O)Cn1c(C)cc2ccccc21)C(=O)O. The van der Waals surface area contributed by atoms with Gasteiger partial charge in [-0.15, -0.1) is 0 Å². The van der Waals surface area contributed by atoms with Crippen LogP contribution in [0.25, 0.3) is 10.9 Å². The maximum Gasteiger partial charge on any atom is 0.334 e. The summed E-state index contributed by atoms with van der Waals surface area (Å²) in [5.74, 6) is -1.34. The number of benzene rings is 1. The molecule has 112 valence electrons. The number of rotatable bonds is 6. The van der Waals surface area contributed by atoms with Crippen LogP contribution >= 0.6 is 0 Å². The van der Waals surface area contributed by atoms with E-state index in [1.165, 1.54) is 7.11 Å². The number of aryl methyl sites for hydroxylation is 1. The third kappa shape index (κ3) is 3.41. The van der Waals surface area contributed by atoms with E-state index in [0.717, 1.165) is 16.6 Å². The number of carbonyl (C=O) groups excluding carboxylic acids is 1. The van der Waals surface area contributed by atoms with Crippen molar-refractivity contribution in [3.05, 3.63) is 36.0 Å². The molecule has 2 N–H and O–H groups in total. The van der Waals surface area contributed by atoms with Gasteiger partial charge in [-0.3, -0.25) is 4.79 Å². The number of carbonyl (C=O) groups is 2. The molecule has 1 unspecified atom stereocenters. The first kappa shape index (κ1) is 15.1. The molecule has 1 aromatic heterocycles. The molecule has 0 fully saturated rings. The molecule has 0 saturated carbocycles. The zero-order valence-electron chi connectivity index (χ0n) is 12.0. The van der Waals surface area contributed by atoms with Gasteiger partial charge in [0.15, 0.2) is 6.10 Å². The molecule has 0 aliphatic heterocycles. The van der Waals surface area contributed by atoms with Gasteiger partial charge in [0, 0.05) is 18.3 Å². The lowest BCUT2D eigenvalue weighted by Gasteiger charge is -2.13. The number of aromatic nitrogens is 1. The van der Waals surface area contributed by atoms with Gasteiger partial charge in [0.25, 0.3) is 0 Å². The highest BCUT2D eigenvalue weighted by Gasteiger charge is 2.17. The van der Waals surface area contributed by atoms with E-state index < -0.39 is 12.1 Å². The minimum Gasteiger partial charge on any atom is -0.479 e. The molecule has 0 bridgehead atoms. The van der Waals surface area contributed by atoms with Crippen molar-refractivity contribution < 1.29 is 19.4 Å². The molecule has 1 amide bonds. The summed E-state index contributed by atoms with van der Waals surface area (Å²) in [5.41, 5.74) is 1.96. The zero-order valence-corrected chi connectivity index (χ0v) is 12.0. The maximum absolute atomic E-state index is 12.0. The van der Waals surface area contributed by atoms with Crippen LogP contribution in [0.5, 0.6) is 0 Å². The Morgan fingerprint density at radius 2 is 2.10 bits per heavy atom. The lowest BCUT2D eigenvalue weighted by atomic mass is 10.2. The van der Waals surface area contributed by atoms with Crippen molar-refractivity contribution in [2.24, 2.45) is 0 Å². The van der Waals surface area contributed by atoms with E-state index in [1.54, 1.807) is 0 Å². The minimum atomic E-state index is -1.10. The van der Waals surface area contributed by atoms with Crippen LogP contribution in [0.2, 0.25) is 0 Å². The van der Waals surface area contributed by atoms with Crippen molar-refractivity contribution in [2.45, 2.75) is 19.6 Å². The topological polar surface area (TPSA) is 80.6 Å². The summed E-state index contributed by atoms with van der Waals surface area (Å²) >= 11 is 0. The molecule has 2 rings (SSSR count). The van der Waals surface area contributed by atoms with Crippen molar-refractivity contribution in [1.82, 2.24) is 9.88 Å². The number of hydrogen-bond acceptors (Lipinski definition) is 3. The van der Waals surface area contributed by atoms with Gasteiger partial charge in [-0.05, 0) is 24.4 Å². The van der Waals surface area contributed by atoms with Crippen LogP contribution in [0.15, 0.2) is 30.3 Å². The Balaban J connectivity index is 2.05. The van der Waals surface area contributed by atoms with Gasteiger partial charge in [-0.2, -0.15) is 0 Å². The summed E-state index contributed by atoms with van der Waals surface area (Å²) < 4.78 is 6.67. The Bertz CT molecular complexity index is 663. The van der Waals surface area contributed by atoms with E-state index in [1.807, 2.05) is 41.8 Å². The first-order chi connectivity index (χ1) is 10.0. The molecule has 0 spiro atoms. The molecule has 0 aliphatic carbocycles. The number of nitrogens with one attached hydrogen (secondary N) is 1. The van der Waals surface area contributed by atoms with E-state index in [9.17, 15) is 9.59 Å². The second kappa shape index (κ2) is 6.41. The van der Waals surface area contributed by atoms with Gasteiger partial charge in [0.1, 0.15) is 6.54 Å². The summed E-state index contributed by atoms with van der Waals surface area (Å²) in [4.78, 5) is 22.8. The Kier molecular flexibility index (Phi) is 4.59. The smallest absolute Gasteiger partial charge is 0.334 e. The predicted octanol–water partition coefficient (Wildman–Crippen LogP) is 1.17. The van der Waals surface area contributed by atoms with Crippen LogP contribution in [-0.4, -0.2) is 41.3 Å². The average Bonchev–Trinajstić information content (AvgIpc) is 2.75. The molecule has 6 nitrogen and oxygen atoms in total. The first-order valence-electron chi connectivity index (χ1n) is 6.60. The van der Waals surface area contributed by atoms with Crippen molar-refractivity contribution in [3.63, 3.8) is 0 Å². The molecule has 1 atom stereocenters. The lowest BCUT2D eigenvalue weighted by molar-refractivity contribution is -0.148. The van der Waals surface area contributed by atoms with Gasteiger partial charge in [0.05, 0.1) is 6.54 Å². The molecule has 0 saturated heterocycles. The average molecular weight is 290 g/mol. The van der Waals surface area contributed by atoms with Crippen LogP contribution in [0.4, 0.5) is 0 Å². The van der Waals surface area contributed by atoms with Gasteiger partial charge < -0.3 is 19.7 Å². The third-order valence-electron chi connectivity index (χ3n) is 3.36. The summed E-state index contributed by atoms with van der Waals surface area (Å²) in [6, 6.07) is 9.81. The molecular formula is C15H18N2O4. The summed E-state index contributed by atoms with van der Waals surface area (Å²) in [5, 5.41) is 12.5. The van der Waals surface area contributed by atoms with Crippen molar-refractivity contribution in [2.75, 3.05) is 13.7 Å². The molecule has 1 heterocycles. The molecule has 6 heteroatoms. The number of ether oxygens (including phenoxy) is 1. The summed E-state index contributed by atoms with van der Waals surface area (Å²) in [6.07, 6.45) is -1.03. The van der Waals surface area contributed by atoms with Gasteiger partial charge >= 0.3 is 5.97 Å². The fourth-order valence-electron chi connectivity index (χ4n) is 2.24. The van der Waals surface area contributed by atoms with Crippen LogP contribution in [0.1, 0.15) is 5.69 Å². The standard InChI is InChI=1S/C15H18N2O4/c1-10-7-11-5-3-4-6-12(11)17(10)9-14(18)16-8-13(21-2)15(19)20/h3-7,13H,8-9H2,1-2H3,(H,16,18)(H,19,20). The monoisotopic (exact) mass is 290 g/mol. The fraction of sp³-hybridized carbons (Fsp3) is 0.333. The lowest BCUT2D eigenvalue weighted by Crippen LogP contribution is -2.39. The third-order valence-corrected chi connectivity index (χ3v) is 3.36. The number of hydrogen-bond donors (Lipinski definition) is 2. The van der Waals surface area contributed by atoms with E-state index >= 15 is 0 Å². The Morgan fingerprint density at radius 1 is 1.38 bits per heavy atom. The van der Waals surface area contributed by atoms with Crippen LogP contribution in [0, 0.1) is 6.92 Å². The molecule has 0 aliphatic rings. The van der Waals surface area contributed by atoms with Gasteiger partial charge in [-0.25, -0.2) is 4.79 Å². The van der Waals surface area contributed by atoms with Crippen LogP contribution in [0.3, 0.4) is 0 Å². The number of fused-ring (bicyclic) bond motifs is 1. The second-order valence-electron chi connectivity index (χ2n) is 4.80. The highest BCUT2D eigenvalue weighted by molar-refractivity contribution is 5.84. The number of amides is 1. The van der Waals surface area contributed by atoms with Crippen molar-refractivity contribution in [3.8, 4) is 0 Å². The largest absolute Gasteiger partial charge is 0.479 e. The van der Waals surface area contributed by atoms with E-state index in [0.29, 0.717) is 0 Å². The summed E-state index contributed by atoms with van der Waals surface area (Å²) in [6.45, 7) is 2.03. The Labute approximate surface area is 122 Å². The number of carboxylic acid groups (broad SMARTS) is 1. The number of methoxy groups -OCH3 is 1. The van der Waals surface area contributed by atoms with Crippen LogP contribution in [-0.2, 0) is 20.9 Å². The van der Waals surface area contributed by atoms with Crippen molar-refractivity contribution >= 4 is 22.8 Å². The number of para-hydroxylation sites is 1. The maximum atomic E-state index is 12.0. The zero-order chi connectivity index (χ0) is 15.4. The Hall–Kier alpha value is -2.34. The Morgan fingerprint density at radius 3 is 2.76 bits per heavy atom. The first-order valence-corrected chi connectivity index (χ1v) is 6.60. The highest BCUT2D eigenvalue weighted by Crippen LogP contribution is 2.18. The van der Waals surface area contributed by atoms with E-state index in [4.69, 9.17) is 9.84 Å². The minimum absolute atomic E-state index is 0.0527. The number of carboxylic acids is 1. The van der Waals surface area contributed by atoms with Gasteiger partial charge in [0.2, 0.25) is 5.91 Å². The fourth-order valence-corrected chi connectivity index (χ4v) is 2.24.